The maximum absolute atomic E-state index is 14.0. The van der Waals surface area contributed by atoms with Gasteiger partial charge in [-0.3, -0.25) is 9.69 Å². The van der Waals surface area contributed by atoms with Crippen LogP contribution in [-0.4, -0.2) is 54.6 Å². The Labute approximate surface area is 169 Å². The smallest absolute Gasteiger partial charge is 0.225 e. The van der Waals surface area contributed by atoms with Crippen LogP contribution in [0.3, 0.4) is 0 Å². The lowest BCUT2D eigenvalue weighted by Crippen LogP contribution is -2.50. The Balaban J connectivity index is 1.30. The number of thiophene rings is 1. The van der Waals surface area contributed by atoms with Gasteiger partial charge in [0.2, 0.25) is 5.91 Å². The Morgan fingerprint density at radius 3 is 2.71 bits per heavy atom. The van der Waals surface area contributed by atoms with Gasteiger partial charge in [-0.2, -0.15) is 0 Å². The van der Waals surface area contributed by atoms with Crippen molar-refractivity contribution in [3.8, 4) is 10.4 Å². The average Bonchev–Trinajstić information content (AvgIpc) is 3.16. The first-order chi connectivity index (χ1) is 13.6. The summed E-state index contributed by atoms with van der Waals surface area (Å²) in [7, 11) is 0. The number of piperazine rings is 1. The van der Waals surface area contributed by atoms with Crippen LogP contribution in [0.1, 0.15) is 24.6 Å². The molecule has 2 aliphatic rings. The number of hydrogen-bond acceptors (Lipinski definition) is 4. The highest BCUT2D eigenvalue weighted by Gasteiger charge is 2.31. The molecule has 28 heavy (non-hydrogen) atoms. The quantitative estimate of drug-likeness (QED) is 0.775. The molecule has 3 heterocycles. The first kappa shape index (κ1) is 19.6. The summed E-state index contributed by atoms with van der Waals surface area (Å²) in [5.41, 5.74) is 0.667. The van der Waals surface area contributed by atoms with E-state index in [2.05, 4.69) is 11.0 Å². The average molecular weight is 403 g/mol. The third-order valence-corrected chi connectivity index (χ3v) is 6.80. The minimum absolute atomic E-state index is 0.121. The van der Waals surface area contributed by atoms with E-state index in [9.17, 15) is 9.18 Å². The highest BCUT2D eigenvalue weighted by Crippen LogP contribution is 2.31. The van der Waals surface area contributed by atoms with Gasteiger partial charge in [0, 0.05) is 60.6 Å². The maximum atomic E-state index is 14.0. The second-order valence-electron chi connectivity index (χ2n) is 7.75. The number of benzene rings is 1. The minimum atomic E-state index is -0.176. The molecule has 4 nitrogen and oxygen atoms in total. The standard InChI is InChI=1S/C22H27FN2O2S/c1-16-14-17(8-13-27-16)22(26)25-11-9-24(10-12-25)15-18-6-7-21(28-18)19-4-2-3-5-20(19)23/h2-7,16-17H,8-15H2,1H3/t16-,17+/m0/s1. The molecule has 1 aromatic carbocycles. The van der Waals surface area contributed by atoms with Crippen LogP contribution in [0, 0.1) is 11.7 Å². The molecule has 0 radical (unpaired) electrons. The minimum Gasteiger partial charge on any atom is -0.378 e. The number of nitrogens with zero attached hydrogens (tertiary/aromatic N) is 2. The summed E-state index contributed by atoms with van der Waals surface area (Å²) in [4.78, 5) is 19.4. The van der Waals surface area contributed by atoms with Crippen LogP contribution in [0.15, 0.2) is 36.4 Å². The zero-order valence-electron chi connectivity index (χ0n) is 16.3. The van der Waals surface area contributed by atoms with Crippen molar-refractivity contribution in [2.24, 2.45) is 5.92 Å². The predicted octanol–water partition coefficient (Wildman–Crippen LogP) is 4.01. The highest BCUT2D eigenvalue weighted by atomic mass is 32.1. The van der Waals surface area contributed by atoms with Crippen molar-refractivity contribution >= 4 is 17.2 Å². The molecule has 0 spiro atoms. The van der Waals surface area contributed by atoms with E-state index in [-0.39, 0.29) is 17.8 Å². The van der Waals surface area contributed by atoms with Crippen molar-refractivity contribution in [1.82, 2.24) is 9.80 Å². The topological polar surface area (TPSA) is 32.8 Å². The van der Waals surface area contributed by atoms with Crippen LogP contribution in [0.2, 0.25) is 0 Å². The monoisotopic (exact) mass is 402 g/mol. The molecule has 4 rings (SSSR count). The molecule has 150 valence electrons. The van der Waals surface area contributed by atoms with E-state index in [0.717, 1.165) is 50.4 Å². The summed E-state index contributed by atoms with van der Waals surface area (Å²) in [6.45, 7) is 6.95. The lowest BCUT2D eigenvalue weighted by molar-refractivity contribution is -0.142. The van der Waals surface area contributed by atoms with Gasteiger partial charge in [-0.1, -0.05) is 18.2 Å². The Bertz CT molecular complexity index is 816. The summed E-state index contributed by atoms with van der Waals surface area (Å²) in [6, 6.07) is 11.0. The van der Waals surface area contributed by atoms with Crippen LogP contribution in [-0.2, 0) is 16.1 Å². The molecule has 0 saturated carbocycles. The van der Waals surface area contributed by atoms with Crippen LogP contribution in [0.4, 0.5) is 4.39 Å². The molecule has 2 fully saturated rings. The summed E-state index contributed by atoms with van der Waals surface area (Å²) >= 11 is 1.65. The molecule has 0 N–H and O–H groups in total. The highest BCUT2D eigenvalue weighted by molar-refractivity contribution is 7.15. The Hall–Kier alpha value is -1.76. The molecule has 2 aliphatic heterocycles. The van der Waals surface area contributed by atoms with Crippen LogP contribution >= 0.6 is 11.3 Å². The van der Waals surface area contributed by atoms with Crippen LogP contribution < -0.4 is 0 Å². The molecule has 0 unspecified atom stereocenters. The van der Waals surface area contributed by atoms with Crippen molar-refractivity contribution in [2.75, 3.05) is 32.8 Å². The Morgan fingerprint density at radius 2 is 1.96 bits per heavy atom. The molecule has 1 aromatic heterocycles. The fourth-order valence-corrected chi connectivity index (χ4v) is 5.17. The summed E-state index contributed by atoms with van der Waals surface area (Å²) in [6.07, 6.45) is 1.87. The molecule has 1 amide bonds. The molecule has 2 atom stereocenters. The first-order valence-electron chi connectivity index (χ1n) is 10.1. The van der Waals surface area contributed by atoms with Crippen LogP contribution in [0.5, 0.6) is 0 Å². The lowest BCUT2D eigenvalue weighted by Gasteiger charge is -2.37. The molecule has 0 bridgehead atoms. The fraction of sp³-hybridized carbons (Fsp3) is 0.500. The molecular weight excluding hydrogens is 375 g/mol. The fourth-order valence-electron chi connectivity index (χ4n) is 4.10. The van der Waals surface area contributed by atoms with Gasteiger partial charge in [-0.05, 0) is 38.0 Å². The van der Waals surface area contributed by atoms with E-state index in [0.29, 0.717) is 18.1 Å². The van der Waals surface area contributed by atoms with Gasteiger partial charge in [-0.25, -0.2) is 4.39 Å². The van der Waals surface area contributed by atoms with Crippen molar-refractivity contribution < 1.29 is 13.9 Å². The SMILES string of the molecule is C[C@H]1C[C@H](C(=O)N2CCN(Cc3ccc(-c4ccccc4F)s3)CC2)CCO1. The van der Waals surface area contributed by atoms with Gasteiger partial charge in [0.1, 0.15) is 5.82 Å². The van der Waals surface area contributed by atoms with Gasteiger partial charge >= 0.3 is 0 Å². The molecular formula is C22H27FN2O2S. The number of ether oxygens (including phenoxy) is 1. The van der Waals surface area contributed by atoms with E-state index in [4.69, 9.17) is 4.74 Å². The summed E-state index contributed by atoms with van der Waals surface area (Å²) in [5, 5.41) is 0. The van der Waals surface area contributed by atoms with Gasteiger partial charge < -0.3 is 9.64 Å². The van der Waals surface area contributed by atoms with E-state index >= 15 is 0 Å². The van der Waals surface area contributed by atoms with Crippen molar-refractivity contribution in [2.45, 2.75) is 32.4 Å². The Morgan fingerprint density at radius 1 is 1.18 bits per heavy atom. The summed E-state index contributed by atoms with van der Waals surface area (Å²) in [5.74, 6) is 0.245. The maximum Gasteiger partial charge on any atom is 0.225 e. The van der Waals surface area contributed by atoms with E-state index in [1.165, 1.54) is 10.9 Å². The largest absolute Gasteiger partial charge is 0.378 e. The number of hydrogen-bond donors (Lipinski definition) is 0. The Kier molecular flexibility index (Phi) is 6.09. The van der Waals surface area contributed by atoms with Crippen molar-refractivity contribution in [1.29, 1.82) is 0 Å². The third-order valence-electron chi connectivity index (χ3n) is 5.70. The number of amides is 1. The van der Waals surface area contributed by atoms with E-state index in [1.807, 2.05) is 30.0 Å². The third kappa shape index (κ3) is 4.45. The first-order valence-corrected chi connectivity index (χ1v) is 10.9. The zero-order chi connectivity index (χ0) is 19.5. The number of halogens is 1. The lowest BCUT2D eigenvalue weighted by atomic mass is 9.94. The number of carbonyl (C=O) groups is 1. The number of rotatable bonds is 4. The normalized spacial score (nSPS) is 23.7. The predicted molar refractivity (Wildman–Crippen MR) is 110 cm³/mol. The van der Waals surface area contributed by atoms with Gasteiger partial charge in [-0.15, -0.1) is 11.3 Å². The van der Waals surface area contributed by atoms with Crippen molar-refractivity contribution in [3.63, 3.8) is 0 Å². The summed E-state index contributed by atoms with van der Waals surface area (Å²) < 4.78 is 19.6. The van der Waals surface area contributed by atoms with Crippen LogP contribution in [0.25, 0.3) is 10.4 Å². The number of carbonyl (C=O) groups excluding carboxylic acids is 1. The van der Waals surface area contributed by atoms with Gasteiger partial charge in [0.05, 0.1) is 6.10 Å². The zero-order valence-corrected chi connectivity index (χ0v) is 17.1. The second-order valence-corrected chi connectivity index (χ2v) is 8.92. The second kappa shape index (κ2) is 8.72. The van der Waals surface area contributed by atoms with Gasteiger partial charge in [0.15, 0.2) is 0 Å². The molecule has 2 saturated heterocycles. The van der Waals surface area contributed by atoms with E-state index in [1.54, 1.807) is 17.4 Å². The van der Waals surface area contributed by atoms with Crippen molar-refractivity contribution in [3.05, 3.63) is 47.1 Å². The molecule has 6 heteroatoms. The molecule has 2 aromatic rings. The molecule has 0 aliphatic carbocycles. The van der Waals surface area contributed by atoms with E-state index < -0.39 is 0 Å². The van der Waals surface area contributed by atoms with Gasteiger partial charge in [0.25, 0.3) is 0 Å².